The van der Waals surface area contributed by atoms with Crippen LogP contribution in [0.15, 0.2) is 73.2 Å². The average molecular weight is 1600 g/mol. The second-order valence-corrected chi connectivity index (χ2v) is 31.7. The predicted octanol–water partition coefficient (Wildman–Crippen LogP) is 9.19. The summed E-state index contributed by atoms with van der Waals surface area (Å²) in [6.45, 7) is 2.79. The van der Waals surface area contributed by atoms with Gasteiger partial charge in [0.2, 0.25) is 17.8 Å². The summed E-state index contributed by atoms with van der Waals surface area (Å²) < 4.78 is 224. The van der Waals surface area contributed by atoms with E-state index in [9.17, 15) is 55.3 Å². The number of rotatable bonds is 33. The Balaban J connectivity index is 1.26. The van der Waals surface area contributed by atoms with Crippen molar-refractivity contribution in [3.8, 4) is 28.8 Å². The van der Waals surface area contributed by atoms with E-state index in [0.29, 0.717) is 106 Å². The molecule has 0 saturated carbocycles. The van der Waals surface area contributed by atoms with Crippen LogP contribution >= 0.6 is 7.82 Å². The summed E-state index contributed by atoms with van der Waals surface area (Å²) in [7, 11) is -8.50. The van der Waals surface area contributed by atoms with Crippen LogP contribution in [0.2, 0.25) is 0 Å². The topological polar surface area (TPSA) is 350 Å². The van der Waals surface area contributed by atoms with Gasteiger partial charge in [-0.3, -0.25) is 48.6 Å². The molecule has 0 aliphatic carbocycles. The molecule has 39 heteroatoms. The number of ketones is 1. The monoisotopic (exact) mass is 1600 g/mol. The van der Waals surface area contributed by atoms with Crippen LogP contribution < -0.4 is 25.5 Å². The number of esters is 2. The number of hydrazine groups is 1. The van der Waals surface area contributed by atoms with E-state index >= 15 is 44.7 Å². The van der Waals surface area contributed by atoms with E-state index in [-0.39, 0.29) is 39.9 Å². The number of nitrogens with one attached hydrogen (secondary N) is 3. The second kappa shape index (κ2) is 35.3. The molecule has 8 rings (SSSR count). The van der Waals surface area contributed by atoms with E-state index in [2.05, 4.69) is 56.9 Å². The lowest BCUT2D eigenvalue weighted by Gasteiger charge is -2.47. The predicted molar refractivity (Wildman–Crippen MR) is 372 cm³/mol. The number of phosphoric acid groups is 1. The summed E-state index contributed by atoms with van der Waals surface area (Å²) in [5, 5.41) is 8.48. The zero-order valence-electron chi connectivity index (χ0n) is 61.2. The quantitative estimate of drug-likeness (QED) is 0.00333. The Bertz CT molecular complexity index is 4360. The maximum absolute atomic E-state index is 16.9. The van der Waals surface area contributed by atoms with Gasteiger partial charge in [-0.1, -0.05) is 57.7 Å². The highest BCUT2D eigenvalue weighted by atomic mass is 32.2. The molecule has 5 aromatic rings. The molecule has 6 atom stereocenters. The Labute approximate surface area is 626 Å². The van der Waals surface area contributed by atoms with Crippen molar-refractivity contribution in [1.29, 1.82) is 0 Å². The summed E-state index contributed by atoms with van der Waals surface area (Å²) in [5.41, 5.74) is -7.36. The van der Waals surface area contributed by atoms with Gasteiger partial charge >= 0.3 is 44.8 Å². The van der Waals surface area contributed by atoms with E-state index < -0.39 is 198 Å². The number of carbonyl (C=O) groups is 6. The molecule has 6 N–H and O–H groups in total. The van der Waals surface area contributed by atoms with Crippen molar-refractivity contribution in [1.82, 2.24) is 45.7 Å². The highest BCUT2D eigenvalue weighted by Crippen LogP contribution is 2.48. The Morgan fingerprint density at radius 2 is 1.42 bits per heavy atom. The molecule has 27 nitrogen and oxygen atoms in total. The van der Waals surface area contributed by atoms with Gasteiger partial charge in [-0.25, -0.2) is 37.8 Å². The van der Waals surface area contributed by atoms with Gasteiger partial charge in [-0.05, 0) is 99.5 Å². The van der Waals surface area contributed by atoms with Crippen LogP contribution in [-0.4, -0.2) is 190 Å². The summed E-state index contributed by atoms with van der Waals surface area (Å²) >= 11 is 0. The number of anilines is 1. The molecule has 3 saturated heterocycles. The maximum Gasteiger partial charge on any atom is 0.524 e. The lowest BCUT2D eigenvalue weighted by Crippen LogP contribution is -2.62. The van der Waals surface area contributed by atoms with Crippen molar-refractivity contribution in [3.63, 3.8) is 0 Å². The number of halogens is 10. The zero-order chi connectivity index (χ0) is 81.4. The molecule has 2 aromatic heterocycles. The molecule has 3 aliphatic rings. The molecule has 602 valence electrons. The lowest BCUT2D eigenvalue weighted by atomic mass is 9.75. The van der Waals surface area contributed by atoms with Gasteiger partial charge in [0.05, 0.1) is 93.0 Å². The number of Topliss-reactive ketones (excluding diaryl/α,β-unsaturated/α-hetero) is 1. The number of ether oxygens (including phenoxy) is 4. The minimum atomic E-state index is -5.57. The summed E-state index contributed by atoms with van der Waals surface area (Å²) in [5.74, 6) is -9.22. The van der Waals surface area contributed by atoms with Crippen molar-refractivity contribution >= 4 is 59.5 Å². The number of carbonyl (C=O) groups excluding carboxylic acids is 6. The number of fused-ring (bicyclic) bond motifs is 2. The third-order valence-electron chi connectivity index (χ3n) is 19.6. The third-order valence-corrected chi connectivity index (χ3v) is 20.9. The SMILES string of the molecule is COC(=O)C[C@H](C(=O)NN(Cc1c(F)cc(-c2ccn(C(F)F)n2)cc1F)C[C@H](OC(=O)CC(C)(C)c1c(CC(=O)NCCCS(=O)(=O)O)cc(C)cc1OP(=O)(O)O)[C@@H](CC(=O)[C@@H](NC(=O)OC)C(C)(C)C(F)(F)F)Cc1ccc(C#Cc2cnc(N3CC4CCC(C3)N4C3COC3)nc2)cc1)C(C)(C)C(F)(F)F. The van der Waals surface area contributed by atoms with E-state index in [1.165, 1.54) is 63.5 Å². The first-order chi connectivity index (χ1) is 51.2. The minimum absolute atomic E-state index is 0.0875. The average Bonchev–Trinajstić information content (AvgIpc) is 1.66. The minimum Gasteiger partial charge on any atom is -0.469 e. The molecule has 3 aliphatic heterocycles. The number of phosphoric ester groups is 1. The first-order valence-electron chi connectivity index (χ1n) is 34.5. The molecular weight excluding hydrogens is 1520 g/mol. The smallest absolute Gasteiger partial charge is 0.469 e. The molecule has 0 radical (unpaired) electrons. The number of methoxy groups -OCH3 is 2. The van der Waals surface area contributed by atoms with Crippen molar-refractivity contribution < 1.29 is 123 Å². The molecular formula is C71H85F10N10O17PS. The van der Waals surface area contributed by atoms with E-state index in [1.54, 1.807) is 0 Å². The highest BCUT2D eigenvalue weighted by Gasteiger charge is 2.57. The van der Waals surface area contributed by atoms with Gasteiger partial charge in [0.25, 0.3) is 10.1 Å². The number of alkyl carbamates (subject to hydrolysis) is 1. The van der Waals surface area contributed by atoms with Crippen molar-refractivity contribution in [3.05, 3.63) is 124 Å². The number of nitrogens with zero attached hydrogens (tertiary/aromatic N) is 7. The number of benzene rings is 3. The largest absolute Gasteiger partial charge is 0.524 e. The van der Waals surface area contributed by atoms with E-state index in [4.69, 9.17) is 14.0 Å². The number of alkyl halides is 8. The van der Waals surface area contributed by atoms with Crippen LogP contribution in [0.25, 0.3) is 11.3 Å². The summed E-state index contributed by atoms with van der Waals surface area (Å²) in [6.07, 6.45) is -13.7. The van der Waals surface area contributed by atoms with E-state index in [0.717, 1.165) is 45.4 Å². The van der Waals surface area contributed by atoms with Crippen LogP contribution in [0.1, 0.15) is 126 Å². The number of hydrogen-bond acceptors (Lipinski definition) is 20. The summed E-state index contributed by atoms with van der Waals surface area (Å²) in [6, 6.07) is 8.84. The summed E-state index contributed by atoms with van der Waals surface area (Å²) in [4.78, 5) is 119. The molecule has 2 unspecified atom stereocenters. The van der Waals surface area contributed by atoms with Gasteiger partial charge in [-0.2, -0.15) is 48.6 Å². The Morgan fingerprint density at radius 3 is 1.95 bits per heavy atom. The molecule has 2 bridgehead atoms. The molecule has 5 heterocycles. The molecule has 110 heavy (non-hydrogen) atoms. The van der Waals surface area contributed by atoms with Gasteiger partial charge in [0.1, 0.15) is 29.5 Å². The second-order valence-electron chi connectivity index (χ2n) is 29.0. The van der Waals surface area contributed by atoms with Gasteiger partial charge < -0.3 is 39.0 Å². The zero-order valence-corrected chi connectivity index (χ0v) is 62.9. The molecule has 0 spiro atoms. The van der Waals surface area contributed by atoms with Crippen LogP contribution in [0.5, 0.6) is 5.75 Å². The van der Waals surface area contributed by atoms with Crippen LogP contribution in [0.4, 0.5) is 54.6 Å². The number of piperazine rings is 1. The Kier molecular flexibility index (Phi) is 27.8. The van der Waals surface area contributed by atoms with Gasteiger partial charge in [0, 0.05) is 96.9 Å². The first-order valence-corrected chi connectivity index (χ1v) is 37.6. The Hall–Kier alpha value is -8.83. The fourth-order valence-electron chi connectivity index (χ4n) is 13.5. The van der Waals surface area contributed by atoms with Crippen LogP contribution in [-0.2, 0) is 82.4 Å². The van der Waals surface area contributed by atoms with Crippen LogP contribution in [0, 0.1) is 53.1 Å². The Morgan fingerprint density at radius 1 is 0.809 bits per heavy atom. The molecule has 3 amide bonds. The number of aryl methyl sites for hydroxylation is 1. The highest BCUT2D eigenvalue weighted by molar-refractivity contribution is 7.85. The number of amides is 3. The normalized spacial score (nSPS) is 17.1. The lowest BCUT2D eigenvalue weighted by molar-refractivity contribution is -0.231. The number of aromatic nitrogens is 4. The fourth-order valence-corrected chi connectivity index (χ4v) is 14.4. The first kappa shape index (κ1) is 86.8. The number of hydrogen-bond donors (Lipinski definition) is 6. The van der Waals surface area contributed by atoms with Crippen molar-refractivity contribution in [2.75, 3.05) is 64.3 Å². The van der Waals surface area contributed by atoms with Crippen molar-refractivity contribution in [2.45, 2.75) is 161 Å². The molecule has 3 fully saturated rings. The van der Waals surface area contributed by atoms with Gasteiger partial charge in [0.15, 0.2) is 5.78 Å². The van der Waals surface area contributed by atoms with Crippen molar-refractivity contribution in [2.24, 2.45) is 22.7 Å². The molecule has 3 aromatic carbocycles. The fraction of sp³-hybridized carbons (Fsp3) is 0.535. The third kappa shape index (κ3) is 22.5. The standard InChI is InChI=1S/C71H85F10N10O17PS/c1-40-23-46(29-58(93)82-20-10-22-110(101,102)103)61(56(24-40)108-109(98,99)100)67(2,3)31-60(95)107-57(37-89(87-63(96)51(30-59(94)104-8)68(4,5)70(76,77)78)36-50-52(72)26-44(27-53(50)73)54-19-21-90(86-54)64(74)75)45(28-55(92)62(85-66(97)105-9)69(6,7)71(79,80)81)25-42-14-11-41(12-15-42)13-16-43-32-83-65(84-33-43)88-34-47-17-18-48(35-88)91(47)49-38-106-39-49/h11-12,14-15,19,21,23-24,26-27,32-33,45,47-49,51,57,62,64H,10,17-18,20,22,25,28-31,34-39H2,1-9H3,(H,82,93)(H,85,97)(H,87,96)(H2,98,99,100)(H,101,102,103)/t45-,47?,48?,51-,57+,62-/m1/s1. The van der Waals surface area contributed by atoms with Crippen LogP contribution in [0.3, 0.4) is 0 Å². The van der Waals surface area contributed by atoms with E-state index in [1.807, 2.05) is 5.32 Å². The van der Waals surface area contributed by atoms with Gasteiger partial charge in [-0.15, -0.1) is 0 Å². The maximum atomic E-state index is 16.9.